The topological polar surface area (TPSA) is 132 Å². The van der Waals surface area contributed by atoms with E-state index in [-0.39, 0.29) is 17.5 Å². The average Bonchev–Trinajstić information content (AvgIpc) is 2.91. The molecule has 120 valence electrons. The summed E-state index contributed by atoms with van der Waals surface area (Å²) < 4.78 is 23.6. The van der Waals surface area contributed by atoms with Crippen LogP contribution in [-0.2, 0) is 15.0 Å². The van der Waals surface area contributed by atoms with Gasteiger partial charge in [0.2, 0.25) is 5.91 Å². The minimum atomic E-state index is -4.20. The van der Waals surface area contributed by atoms with E-state index in [1.54, 1.807) is 4.90 Å². The Morgan fingerprint density at radius 2 is 1.91 bits per heavy atom. The number of rotatable bonds is 3. The third-order valence-corrected chi connectivity index (χ3v) is 4.68. The van der Waals surface area contributed by atoms with Crippen LogP contribution in [0.3, 0.4) is 0 Å². The van der Waals surface area contributed by atoms with E-state index in [0.29, 0.717) is 35.5 Å². The molecule has 1 aromatic heterocycles. The van der Waals surface area contributed by atoms with Gasteiger partial charge in [0.25, 0.3) is 0 Å². The molecule has 0 aromatic carbocycles. The number of piperidine rings is 1. The number of hydrogen-bond donors (Lipinski definition) is 1. The summed E-state index contributed by atoms with van der Waals surface area (Å²) in [6, 6.07) is 1.46. The van der Waals surface area contributed by atoms with Crippen LogP contribution in [0.1, 0.15) is 41.7 Å². The van der Waals surface area contributed by atoms with E-state index in [1.165, 1.54) is 13.0 Å². The highest BCUT2D eigenvalue weighted by Crippen LogP contribution is 2.32. The zero-order chi connectivity index (χ0) is 16.5. The Kier molecular flexibility index (Phi) is 4.42. The van der Waals surface area contributed by atoms with Crippen LogP contribution >= 0.6 is 0 Å². The predicted octanol–water partition coefficient (Wildman–Crippen LogP) is 0.172. The molecule has 1 aliphatic heterocycles. The van der Waals surface area contributed by atoms with Gasteiger partial charge in [-0.1, -0.05) is 0 Å². The van der Waals surface area contributed by atoms with Gasteiger partial charge in [-0.3, -0.25) is 9.59 Å². The molecule has 2 heterocycles. The van der Waals surface area contributed by atoms with Crippen LogP contribution in [0.25, 0.3) is 0 Å². The average molecular weight is 328 g/mol. The number of nitrogens with zero attached hydrogens (tertiary/aromatic N) is 3. The molecule has 2 N–H and O–H groups in total. The van der Waals surface area contributed by atoms with E-state index in [1.807, 2.05) is 0 Å². The van der Waals surface area contributed by atoms with Crippen molar-refractivity contribution in [3.05, 3.63) is 28.4 Å². The van der Waals surface area contributed by atoms with Crippen LogP contribution < -0.4 is 5.14 Å². The molecule has 0 saturated carbocycles. The van der Waals surface area contributed by atoms with Gasteiger partial charge in [-0.15, -0.1) is 4.91 Å². The molecule has 0 bridgehead atoms. The number of nitrogens with two attached hydrogens (primary N) is 1. The van der Waals surface area contributed by atoms with Crippen LogP contribution in [0.2, 0.25) is 0 Å². The molecule has 0 atom stereocenters. The molecule has 10 heteroatoms. The predicted molar refractivity (Wildman–Crippen MR) is 77.3 cm³/mol. The highest BCUT2D eigenvalue weighted by atomic mass is 32.2. The number of carbonyl (C=O) groups excluding carboxylic acids is 2. The van der Waals surface area contributed by atoms with Crippen molar-refractivity contribution >= 4 is 22.0 Å². The van der Waals surface area contributed by atoms with Gasteiger partial charge in [-0.25, -0.2) is 9.11 Å². The summed E-state index contributed by atoms with van der Waals surface area (Å²) in [4.78, 5) is 35.2. The fourth-order valence-electron chi connectivity index (χ4n) is 2.74. The third kappa shape index (κ3) is 3.07. The quantitative estimate of drug-likeness (QED) is 0.790. The normalized spacial score (nSPS) is 16.5. The summed E-state index contributed by atoms with van der Waals surface area (Å²) in [5, 5.41) is 7.35. The molecule has 2 amide bonds. The maximum atomic E-state index is 11.7. The van der Waals surface area contributed by atoms with Gasteiger partial charge in [-0.2, -0.15) is 8.42 Å². The lowest BCUT2D eigenvalue weighted by atomic mass is 9.89. The fraction of sp³-hybridized carbons (Fsp3) is 0.500. The summed E-state index contributed by atoms with van der Waals surface area (Å²) in [6.45, 7) is 2.48. The van der Waals surface area contributed by atoms with E-state index >= 15 is 0 Å². The van der Waals surface area contributed by atoms with Crippen molar-refractivity contribution in [1.82, 2.24) is 8.87 Å². The Morgan fingerprint density at radius 1 is 1.32 bits per heavy atom. The van der Waals surface area contributed by atoms with Gasteiger partial charge in [-0.05, 0) is 30.4 Å². The van der Waals surface area contributed by atoms with Crippen molar-refractivity contribution in [2.45, 2.75) is 25.7 Å². The molecule has 1 aromatic rings. The largest absolute Gasteiger partial charge is 0.343 e. The van der Waals surface area contributed by atoms with E-state index < -0.39 is 16.1 Å². The standard InChI is InChI=1S/C12H16N4O5S/c1-8(17)15-5-2-9(3-6-15)10-4-7-16(22(13,20)21)11(10)12(18)14-19/h4,7,9H,2-3,5-6H2,1H3,(H2,13,20,21). The lowest BCUT2D eigenvalue weighted by molar-refractivity contribution is -0.129. The fourth-order valence-corrected chi connectivity index (χ4v) is 3.41. The summed E-state index contributed by atoms with van der Waals surface area (Å²) in [6.07, 6.45) is 2.27. The third-order valence-electron chi connectivity index (χ3n) is 3.82. The van der Waals surface area contributed by atoms with Gasteiger partial charge in [0.15, 0.2) is 0 Å². The zero-order valence-electron chi connectivity index (χ0n) is 11.9. The smallest absolute Gasteiger partial charge is 0.334 e. The van der Waals surface area contributed by atoms with Gasteiger partial charge in [0, 0.05) is 31.4 Å². The van der Waals surface area contributed by atoms with E-state index in [2.05, 4.69) is 5.18 Å². The van der Waals surface area contributed by atoms with Crippen LogP contribution in [-0.4, -0.2) is 42.2 Å². The summed E-state index contributed by atoms with van der Waals surface area (Å²) >= 11 is 0. The van der Waals surface area contributed by atoms with Crippen LogP contribution in [0.15, 0.2) is 17.4 Å². The van der Waals surface area contributed by atoms with Gasteiger partial charge >= 0.3 is 16.1 Å². The number of carbonyl (C=O) groups is 2. The molecule has 0 radical (unpaired) electrons. The molecule has 22 heavy (non-hydrogen) atoms. The molecule has 0 aliphatic carbocycles. The van der Waals surface area contributed by atoms with Crippen molar-refractivity contribution in [1.29, 1.82) is 0 Å². The first-order valence-corrected chi connectivity index (χ1v) is 8.13. The second-order valence-electron chi connectivity index (χ2n) is 5.14. The van der Waals surface area contributed by atoms with Crippen LogP contribution in [0.5, 0.6) is 0 Å². The molecular formula is C12H16N4O5S. The molecule has 1 fully saturated rings. The maximum Gasteiger partial charge on any atom is 0.334 e. The second kappa shape index (κ2) is 5.97. The minimum Gasteiger partial charge on any atom is -0.343 e. The second-order valence-corrected chi connectivity index (χ2v) is 6.56. The van der Waals surface area contributed by atoms with Crippen molar-refractivity contribution in [3.63, 3.8) is 0 Å². The zero-order valence-corrected chi connectivity index (χ0v) is 12.7. The van der Waals surface area contributed by atoms with Gasteiger partial charge in [0.1, 0.15) is 5.69 Å². The van der Waals surface area contributed by atoms with Gasteiger partial charge in [0.05, 0.1) is 0 Å². The van der Waals surface area contributed by atoms with E-state index in [4.69, 9.17) is 5.14 Å². The first-order chi connectivity index (χ1) is 10.3. The molecule has 0 unspecified atom stereocenters. The summed E-state index contributed by atoms with van der Waals surface area (Å²) in [5.74, 6) is -1.35. The van der Waals surface area contributed by atoms with Crippen molar-refractivity contribution in [2.24, 2.45) is 10.3 Å². The number of hydrogen-bond acceptors (Lipinski definition) is 5. The van der Waals surface area contributed by atoms with Crippen molar-refractivity contribution in [2.75, 3.05) is 13.1 Å². The molecular weight excluding hydrogens is 312 g/mol. The number of aromatic nitrogens is 1. The summed E-state index contributed by atoms with van der Waals surface area (Å²) in [7, 11) is -4.20. The van der Waals surface area contributed by atoms with Crippen LogP contribution in [0, 0.1) is 4.91 Å². The lowest BCUT2D eigenvalue weighted by Crippen LogP contribution is -2.36. The molecule has 9 nitrogen and oxygen atoms in total. The number of likely N-dealkylation sites (tertiary alicyclic amines) is 1. The number of nitroso groups, excluding NO2 is 1. The molecule has 2 rings (SSSR count). The molecule has 0 spiro atoms. The van der Waals surface area contributed by atoms with Gasteiger partial charge < -0.3 is 4.90 Å². The Balaban J connectivity index is 2.37. The highest BCUT2D eigenvalue weighted by molar-refractivity contribution is 7.87. The lowest BCUT2D eigenvalue weighted by Gasteiger charge is -2.31. The van der Waals surface area contributed by atoms with E-state index in [0.717, 1.165) is 6.20 Å². The first kappa shape index (κ1) is 16.3. The Bertz CT molecular complexity index is 716. The molecule has 1 saturated heterocycles. The Morgan fingerprint density at radius 3 is 2.36 bits per heavy atom. The van der Waals surface area contributed by atoms with Crippen molar-refractivity contribution in [3.8, 4) is 0 Å². The minimum absolute atomic E-state index is 0.0357. The molecule has 1 aliphatic rings. The van der Waals surface area contributed by atoms with Crippen LogP contribution in [0.4, 0.5) is 0 Å². The van der Waals surface area contributed by atoms with Crippen molar-refractivity contribution < 1.29 is 18.0 Å². The monoisotopic (exact) mass is 328 g/mol. The Labute approximate surface area is 127 Å². The van der Waals surface area contributed by atoms with E-state index in [9.17, 15) is 22.9 Å². The maximum absolute atomic E-state index is 11.7. The first-order valence-electron chi connectivity index (χ1n) is 6.63. The highest BCUT2D eigenvalue weighted by Gasteiger charge is 2.30. The number of amides is 2. The SMILES string of the molecule is CC(=O)N1CCC(c2ccn(S(N)(=O)=O)c2C(=O)N=O)CC1. The summed E-state index contributed by atoms with van der Waals surface area (Å²) in [5.41, 5.74) is 0.0978. The Hall–Kier alpha value is -2.07.